The smallest absolute Gasteiger partial charge is 0.462 e. The minimum Gasteiger partial charge on any atom is -0.462 e. The largest absolute Gasteiger partial charge is 0.472 e. The molecular weight excluding hydrogens is 733 g/mol. The van der Waals surface area contributed by atoms with E-state index in [2.05, 4.69) is 26.0 Å². The van der Waals surface area contributed by atoms with Gasteiger partial charge in [-0.3, -0.25) is 18.6 Å². The van der Waals surface area contributed by atoms with E-state index in [4.69, 9.17) is 18.5 Å². The number of likely N-dealkylation sites (N-methyl/N-ethyl adjacent to an activating group) is 1. The topological polar surface area (TPSA) is 149 Å². The lowest BCUT2D eigenvalue weighted by Crippen LogP contribution is -2.37. The predicted molar refractivity (Wildman–Crippen MR) is 227 cm³/mol. The van der Waals surface area contributed by atoms with Gasteiger partial charge in [0.05, 0.1) is 40.0 Å². The fourth-order valence-electron chi connectivity index (χ4n) is 4.79. The normalized spacial score (nSPS) is 15.6. The monoisotopic (exact) mass is 809 g/mol. The molecule has 0 saturated carbocycles. The number of phosphoric ester groups is 1. The Morgan fingerprint density at radius 3 is 2.02 bits per heavy atom. The summed E-state index contributed by atoms with van der Waals surface area (Å²) in [7, 11) is 1.32. The van der Waals surface area contributed by atoms with E-state index in [0.29, 0.717) is 43.1 Å². The van der Waals surface area contributed by atoms with E-state index in [-0.39, 0.29) is 26.1 Å². The predicted octanol–water partition coefficient (Wildman–Crippen LogP) is 9.18. The van der Waals surface area contributed by atoms with E-state index in [1.54, 1.807) is 30.4 Å². The van der Waals surface area contributed by atoms with Crippen molar-refractivity contribution in [2.75, 3.05) is 47.5 Å². The third kappa shape index (κ3) is 38.0. The Balaban J connectivity index is 4.70. The highest BCUT2D eigenvalue weighted by Crippen LogP contribution is 2.43. The molecule has 56 heavy (non-hydrogen) atoms. The zero-order valence-corrected chi connectivity index (χ0v) is 35.9. The third-order valence-corrected chi connectivity index (χ3v) is 9.07. The van der Waals surface area contributed by atoms with Crippen molar-refractivity contribution in [3.05, 3.63) is 85.1 Å². The molecule has 0 saturated heterocycles. The number of aliphatic hydroxyl groups excluding tert-OH is 2. The summed E-state index contributed by atoms with van der Waals surface area (Å²) in [5, 5.41) is 20.0. The van der Waals surface area contributed by atoms with Crippen LogP contribution in [0.4, 0.5) is 0 Å². The van der Waals surface area contributed by atoms with Crippen LogP contribution in [0.2, 0.25) is 0 Å². The van der Waals surface area contributed by atoms with Gasteiger partial charge in [0.15, 0.2) is 6.10 Å². The number of allylic oxidation sites excluding steroid dienone is 10. The van der Waals surface area contributed by atoms with Gasteiger partial charge in [0.1, 0.15) is 19.8 Å². The molecule has 0 fully saturated rings. The number of unbranched alkanes of at least 4 members (excludes halogenated alkanes) is 8. The molecule has 0 bridgehead atoms. The molecule has 0 radical (unpaired) electrons. The first kappa shape index (κ1) is 53.1. The van der Waals surface area contributed by atoms with Crippen LogP contribution in [-0.2, 0) is 32.7 Å². The van der Waals surface area contributed by atoms with Crippen molar-refractivity contribution in [2.45, 2.75) is 135 Å². The molecule has 0 heterocycles. The standard InChI is InChI=1S/C44H74NO10P/c1-6-8-10-11-12-13-14-15-19-22-28-34-43(48)52-38-42(39-54-56(50,51)53-37-36-45(3,4)5)55-44(49)35-29-23-27-33-41(47)32-26-21-18-16-17-20-25-31-40(46)30-24-9-7-2/h9,11-12,17-18,20-21,24-27,31-33,40-42,46-47H,6-8,10,13-16,19,22-23,28-30,34-39H2,1-5H3/p+1/b12-11-,20-17-,21-18-,24-9-,31-25+,32-26+,33-27-/t40-,41-,42+/m0/s1. The minimum absolute atomic E-state index is 0.0122. The highest BCUT2D eigenvalue weighted by Gasteiger charge is 2.27. The van der Waals surface area contributed by atoms with Crippen LogP contribution in [0.3, 0.4) is 0 Å². The summed E-state index contributed by atoms with van der Waals surface area (Å²) in [6.45, 7) is 3.91. The van der Waals surface area contributed by atoms with E-state index in [1.807, 2.05) is 63.7 Å². The Morgan fingerprint density at radius 2 is 1.32 bits per heavy atom. The SMILES string of the molecule is CC/C=C\C[C@H](O)/C=C/C=C\C/C=C\C=C\[C@H](O)/C=C\CCCC(=O)O[C@H](COC(=O)CCCCCCC/C=C\CCCC)COP(=O)(O)OCC[N+](C)(C)C. The fraction of sp³-hybridized carbons (Fsp3) is 0.636. The number of rotatable bonds is 35. The van der Waals surface area contributed by atoms with Crippen molar-refractivity contribution in [1.29, 1.82) is 0 Å². The maximum absolute atomic E-state index is 12.6. The van der Waals surface area contributed by atoms with Crippen LogP contribution in [0.25, 0.3) is 0 Å². The number of esters is 2. The summed E-state index contributed by atoms with van der Waals surface area (Å²) in [5.41, 5.74) is 0. The van der Waals surface area contributed by atoms with Crippen LogP contribution >= 0.6 is 7.82 Å². The highest BCUT2D eigenvalue weighted by molar-refractivity contribution is 7.47. The van der Waals surface area contributed by atoms with Gasteiger partial charge in [-0.25, -0.2) is 4.57 Å². The van der Waals surface area contributed by atoms with Crippen molar-refractivity contribution in [3.63, 3.8) is 0 Å². The summed E-state index contributed by atoms with van der Waals surface area (Å²) >= 11 is 0. The highest BCUT2D eigenvalue weighted by atomic mass is 31.2. The lowest BCUT2D eigenvalue weighted by molar-refractivity contribution is -0.870. The summed E-state index contributed by atoms with van der Waals surface area (Å²) in [6.07, 6.45) is 37.2. The fourth-order valence-corrected chi connectivity index (χ4v) is 5.53. The molecular formula is C44H75NO10P+. The lowest BCUT2D eigenvalue weighted by Gasteiger charge is -2.24. The first-order valence-corrected chi connectivity index (χ1v) is 22.0. The molecule has 0 aliphatic carbocycles. The maximum Gasteiger partial charge on any atom is 0.472 e. The number of quaternary nitrogens is 1. The number of carbonyl (C=O) groups excluding carboxylic acids is 2. The summed E-state index contributed by atoms with van der Waals surface area (Å²) in [6, 6.07) is 0. The Labute approximate surface area is 338 Å². The molecule has 0 aliphatic rings. The Bertz CT molecular complexity index is 1260. The van der Waals surface area contributed by atoms with Gasteiger partial charge >= 0.3 is 19.8 Å². The van der Waals surface area contributed by atoms with Crippen molar-refractivity contribution in [3.8, 4) is 0 Å². The number of hydrogen-bond acceptors (Lipinski definition) is 9. The molecule has 3 N–H and O–H groups in total. The van der Waals surface area contributed by atoms with Crippen LogP contribution < -0.4 is 0 Å². The number of aliphatic hydroxyl groups is 2. The van der Waals surface area contributed by atoms with Crippen LogP contribution in [0.1, 0.15) is 117 Å². The quantitative estimate of drug-likeness (QED) is 0.0141. The van der Waals surface area contributed by atoms with Crippen molar-refractivity contribution >= 4 is 19.8 Å². The molecule has 0 spiro atoms. The second-order valence-electron chi connectivity index (χ2n) is 14.7. The van der Waals surface area contributed by atoms with Crippen molar-refractivity contribution in [2.24, 2.45) is 0 Å². The minimum atomic E-state index is -4.43. The summed E-state index contributed by atoms with van der Waals surface area (Å²) < 4.78 is 34.0. The van der Waals surface area contributed by atoms with Gasteiger partial charge in [-0.1, -0.05) is 131 Å². The lowest BCUT2D eigenvalue weighted by atomic mass is 10.1. The van der Waals surface area contributed by atoms with Crippen LogP contribution in [0, 0.1) is 0 Å². The van der Waals surface area contributed by atoms with Gasteiger partial charge in [0, 0.05) is 12.8 Å². The van der Waals surface area contributed by atoms with Gasteiger partial charge in [0.2, 0.25) is 0 Å². The second-order valence-corrected chi connectivity index (χ2v) is 16.1. The molecule has 0 aromatic rings. The third-order valence-electron chi connectivity index (χ3n) is 8.08. The molecule has 0 amide bonds. The molecule has 12 heteroatoms. The van der Waals surface area contributed by atoms with E-state index >= 15 is 0 Å². The van der Waals surface area contributed by atoms with E-state index in [0.717, 1.165) is 44.9 Å². The number of carbonyl (C=O) groups is 2. The van der Waals surface area contributed by atoms with Gasteiger partial charge in [-0.15, -0.1) is 0 Å². The van der Waals surface area contributed by atoms with Gasteiger partial charge in [-0.05, 0) is 57.8 Å². The number of nitrogens with zero attached hydrogens (tertiary/aromatic N) is 1. The number of phosphoric acid groups is 1. The molecule has 0 aromatic carbocycles. The molecule has 1 unspecified atom stereocenters. The second kappa shape index (κ2) is 35.3. The van der Waals surface area contributed by atoms with Crippen LogP contribution in [0.15, 0.2) is 85.1 Å². The first-order chi connectivity index (χ1) is 26.8. The molecule has 4 atom stereocenters. The molecule has 11 nitrogen and oxygen atoms in total. The van der Waals surface area contributed by atoms with Crippen LogP contribution in [0.5, 0.6) is 0 Å². The molecule has 320 valence electrons. The molecule has 0 rings (SSSR count). The zero-order valence-electron chi connectivity index (χ0n) is 35.1. The molecule has 0 aliphatic heterocycles. The van der Waals surface area contributed by atoms with Crippen molar-refractivity contribution in [1.82, 2.24) is 0 Å². The van der Waals surface area contributed by atoms with Gasteiger partial charge in [0.25, 0.3) is 0 Å². The molecule has 0 aromatic heterocycles. The van der Waals surface area contributed by atoms with E-state index < -0.39 is 44.7 Å². The first-order valence-electron chi connectivity index (χ1n) is 20.5. The average molecular weight is 809 g/mol. The van der Waals surface area contributed by atoms with Gasteiger partial charge in [-0.2, -0.15) is 0 Å². The van der Waals surface area contributed by atoms with Crippen molar-refractivity contribution < 1.29 is 52.3 Å². The van der Waals surface area contributed by atoms with E-state index in [1.165, 1.54) is 12.8 Å². The summed E-state index contributed by atoms with van der Waals surface area (Å²) in [5.74, 6) is -1.00. The maximum atomic E-state index is 12.6. The average Bonchev–Trinajstić information content (AvgIpc) is 3.13. The number of hydrogen-bond donors (Lipinski definition) is 3. The summed E-state index contributed by atoms with van der Waals surface area (Å²) in [4.78, 5) is 35.2. The number of ether oxygens (including phenoxy) is 2. The Morgan fingerprint density at radius 1 is 0.679 bits per heavy atom. The van der Waals surface area contributed by atoms with Crippen LogP contribution in [-0.4, -0.2) is 97.3 Å². The Hall–Kier alpha value is -2.89. The van der Waals surface area contributed by atoms with E-state index in [9.17, 15) is 29.3 Å². The zero-order chi connectivity index (χ0) is 41.8. The van der Waals surface area contributed by atoms with Gasteiger partial charge < -0.3 is 29.1 Å². The Kier molecular flexibility index (Phi) is 33.5.